The van der Waals surface area contributed by atoms with Gasteiger partial charge in [-0.05, 0) is 43.7 Å². The first-order chi connectivity index (χ1) is 12.5. The molecule has 0 atom stereocenters. The van der Waals surface area contributed by atoms with Gasteiger partial charge in [-0.25, -0.2) is 0 Å². The van der Waals surface area contributed by atoms with E-state index >= 15 is 0 Å². The Kier molecular flexibility index (Phi) is 7.05. The van der Waals surface area contributed by atoms with Crippen molar-refractivity contribution < 1.29 is 19.1 Å². The van der Waals surface area contributed by atoms with Crippen LogP contribution in [-0.4, -0.2) is 37.9 Å². The Labute approximate surface area is 152 Å². The number of hydrogen-bond donors (Lipinski definition) is 2. The Morgan fingerprint density at radius 1 is 0.923 bits per heavy atom. The van der Waals surface area contributed by atoms with Gasteiger partial charge in [-0.3, -0.25) is 14.4 Å². The van der Waals surface area contributed by atoms with Crippen LogP contribution in [0.4, 0.5) is 5.69 Å². The minimum Gasteiger partial charge on any atom is -0.385 e. The number of carbonyl (C=O) groups is 3. The lowest BCUT2D eigenvalue weighted by molar-refractivity contribution is 0.0947. The number of carbonyl (C=O) groups excluding carboxylic acids is 3. The molecule has 0 bridgehead atoms. The zero-order chi connectivity index (χ0) is 18.9. The van der Waals surface area contributed by atoms with Gasteiger partial charge in [0.05, 0.1) is 0 Å². The maximum atomic E-state index is 12.4. The van der Waals surface area contributed by atoms with E-state index < -0.39 is 0 Å². The molecule has 6 heteroatoms. The SMILES string of the molecule is COCCCNC(=O)c1cccc(C(=O)Nc2cccc(C(C)=O)c2)c1. The van der Waals surface area contributed by atoms with Crippen molar-refractivity contribution in [1.82, 2.24) is 5.32 Å². The number of amides is 2. The summed E-state index contributed by atoms with van der Waals surface area (Å²) < 4.78 is 4.93. The molecule has 0 aliphatic heterocycles. The van der Waals surface area contributed by atoms with Gasteiger partial charge in [-0.1, -0.05) is 18.2 Å². The zero-order valence-electron chi connectivity index (χ0n) is 14.9. The molecule has 0 heterocycles. The van der Waals surface area contributed by atoms with Crippen molar-refractivity contribution in [2.75, 3.05) is 25.6 Å². The largest absolute Gasteiger partial charge is 0.385 e. The highest BCUT2D eigenvalue weighted by atomic mass is 16.5. The Morgan fingerprint density at radius 2 is 1.58 bits per heavy atom. The summed E-state index contributed by atoms with van der Waals surface area (Å²) in [5, 5.41) is 5.52. The lowest BCUT2D eigenvalue weighted by Gasteiger charge is -2.08. The van der Waals surface area contributed by atoms with Crippen molar-refractivity contribution in [2.24, 2.45) is 0 Å². The van der Waals surface area contributed by atoms with Crippen LogP contribution in [-0.2, 0) is 4.74 Å². The van der Waals surface area contributed by atoms with Gasteiger partial charge >= 0.3 is 0 Å². The first-order valence-corrected chi connectivity index (χ1v) is 8.31. The summed E-state index contributed by atoms with van der Waals surface area (Å²) in [4.78, 5) is 36.0. The molecule has 0 aliphatic rings. The Hall–Kier alpha value is -2.99. The average molecular weight is 354 g/mol. The average Bonchev–Trinajstić information content (AvgIpc) is 2.65. The van der Waals surface area contributed by atoms with E-state index in [-0.39, 0.29) is 17.6 Å². The van der Waals surface area contributed by atoms with Crippen molar-refractivity contribution in [3.8, 4) is 0 Å². The molecule has 0 saturated heterocycles. The molecule has 2 N–H and O–H groups in total. The topological polar surface area (TPSA) is 84.5 Å². The van der Waals surface area contributed by atoms with E-state index in [0.29, 0.717) is 35.5 Å². The normalized spacial score (nSPS) is 10.2. The monoisotopic (exact) mass is 354 g/mol. The van der Waals surface area contributed by atoms with Crippen molar-refractivity contribution in [3.63, 3.8) is 0 Å². The van der Waals surface area contributed by atoms with E-state index in [9.17, 15) is 14.4 Å². The van der Waals surface area contributed by atoms with Crippen molar-refractivity contribution in [3.05, 3.63) is 65.2 Å². The fourth-order valence-electron chi connectivity index (χ4n) is 2.34. The van der Waals surface area contributed by atoms with E-state index in [2.05, 4.69) is 10.6 Å². The molecule has 26 heavy (non-hydrogen) atoms. The Morgan fingerprint density at radius 3 is 2.27 bits per heavy atom. The first-order valence-electron chi connectivity index (χ1n) is 8.31. The predicted octanol–water partition coefficient (Wildman–Crippen LogP) is 2.91. The number of anilines is 1. The predicted molar refractivity (Wildman–Crippen MR) is 99.7 cm³/mol. The van der Waals surface area contributed by atoms with E-state index in [1.165, 1.54) is 13.0 Å². The summed E-state index contributed by atoms with van der Waals surface area (Å²) in [5.41, 5.74) is 1.82. The fourth-order valence-corrected chi connectivity index (χ4v) is 2.34. The second-order valence-electron chi connectivity index (χ2n) is 5.77. The zero-order valence-corrected chi connectivity index (χ0v) is 14.9. The van der Waals surface area contributed by atoms with Gasteiger partial charge in [0.15, 0.2) is 5.78 Å². The summed E-state index contributed by atoms with van der Waals surface area (Å²) in [6, 6.07) is 13.2. The quantitative estimate of drug-likeness (QED) is 0.564. The van der Waals surface area contributed by atoms with Crippen molar-refractivity contribution >= 4 is 23.3 Å². The molecule has 0 aromatic heterocycles. The molecule has 0 aliphatic carbocycles. The summed E-state index contributed by atoms with van der Waals surface area (Å²) >= 11 is 0. The highest BCUT2D eigenvalue weighted by Gasteiger charge is 2.11. The third kappa shape index (κ3) is 5.53. The number of nitrogens with one attached hydrogen (secondary N) is 2. The molecule has 6 nitrogen and oxygen atoms in total. The molecular formula is C20H22N2O4. The number of ketones is 1. The minimum atomic E-state index is -0.347. The molecule has 0 saturated carbocycles. The van der Waals surface area contributed by atoms with Crippen LogP contribution < -0.4 is 10.6 Å². The number of ether oxygens (including phenoxy) is 1. The van der Waals surface area contributed by atoms with Crippen LogP contribution in [0.15, 0.2) is 48.5 Å². The molecule has 2 aromatic rings. The number of hydrogen-bond acceptors (Lipinski definition) is 4. The molecule has 2 rings (SSSR count). The van der Waals surface area contributed by atoms with Gasteiger partial charge in [0.2, 0.25) is 0 Å². The molecule has 0 spiro atoms. The molecule has 0 unspecified atom stereocenters. The first kappa shape index (κ1) is 19.3. The van der Waals surface area contributed by atoms with E-state index in [4.69, 9.17) is 4.74 Å². The number of benzene rings is 2. The lowest BCUT2D eigenvalue weighted by atomic mass is 10.1. The van der Waals surface area contributed by atoms with Crippen LogP contribution in [0.1, 0.15) is 44.4 Å². The smallest absolute Gasteiger partial charge is 0.255 e. The molecule has 0 fully saturated rings. The van der Waals surface area contributed by atoms with Crippen LogP contribution in [0.2, 0.25) is 0 Å². The Balaban J connectivity index is 2.04. The van der Waals surface area contributed by atoms with Crippen molar-refractivity contribution in [1.29, 1.82) is 0 Å². The lowest BCUT2D eigenvalue weighted by Crippen LogP contribution is -2.25. The van der Waals surface area contributed by atoms with E-state index in [1.807, 2.05) is 0 Å². The third-order valence-corrected chi connectivity index (χ3v) is 3.72. The van der Waals surface area contributed by atoms with E-state index in [1.54, 1.807) is 49.6 Å². The molecule has 136 valence electrons. The summed E-state index contributed by atoms with van der Waals surface area (Å²) in [7, 11) is 1.61. The maximum Gasteiger partial charge on any atom is 0.255 e. The second-order valence-corrected chi connectivity index (χ2v) is 5.77. The van der Waals surface area contributed by atoms with Gasteiger partial charge in [0, 0.05) is 42.6 Å². The number of methoxy groups -OCH3 is 1. The van der Waals surface area contributed by atoms with Crippen LogP contribution in [0, 0.1) is 0 Å². The Bertz CT molecular complexity index is 802. The molecule has 2 amide bonds. The van der Waals surface area contributed by atoms with Crippen LogP contribution >= 0.6 is 0 Å². The highest BCUT2D eigenvalue weighted by molar-refractivity contribution is 6.06. The highest BCUT2D eigenvalue weighted by Crippen LogP contribution is 2.14. The molecular weight excluding hydrogens is 332 g/mol. The second kappa shape index (κ2) is 9.48. The standard InChI is InChI=1S/C20H22N2O4/c1-14(23)15-6-4-9-18(13-15)22-20(25)17-8-3-7-16(12-17)19(24)21-10-5-11-26-2/h3-4,6-9,12-13H,5,10-11H2,1-2H3,(H,21,24)(H,22,25). The van der Waals surface area contributed by atoms with Gasteiger partial charge in [-0.2, -0.15) is 0 Å². The maximum absolute atomic E-state index is 12.4. The third-order valence-electron chi connectivity index (χ3n) is 3.72. The number of Topliss-reactive ketones (excluding diaryl/α,β-unsaturated/α-hetero) is 1. The minimum absolute atomic E-state index is 0.0757. The van der Waals surface area contributed by atoms with Gasteiger partial charge < -0.3 is 15.4 Å². The van der Waals surface area contributed by atoms with Crippen LogP contribution in [0.25, 0.3) is 0 Å². The molecule has 2 aromatic carbocycles. The van der Waals surface area contributed by atoms with Crippen LogP contribution in [0.5, 0.6) is 0 Å². The fraction of sp³-hybridized carbons (Fsp3) is 0.250. The van der Waals surface area contributed by atoms with Crippen molar-refractivity contribution in [2.45, 2.75) is 13.3 Å². The van der Waals surface area contributed by atoms with E-state index in [0.717, 1.165) is 6.42 Å². The summed E-state index contributed by atoms with van der Waals surface area (Å²) in [6.45, 7) is 2.54. The summed E-state index contributed by atoms with van der Waals surface area (Å²) in [5.74, 6) is -0.665. The number of rotatable bonds is 8. The van der Waals surface area contributed by atoms with Gasteiger partial charge in [-0.15, -0.1) is 0 Å². The van der Waals surface area contributed by atoms with Gasteiger partial charge in [0.25, 0.3) is 11.8 Å². The van der Waals surface area contributed by atoms with Gasteiger partial charge in [0.1, 0.15) is 0 Å². The van der Waals surface area contributed by atoms with Crippen LogP contribution in [0.3, 0.4) is 0 Å². The summed E-state index contributed by atoms with van der Waals surface area (Å²) in [6.07, 6.45) is 0.717. The molecule has 0 radical (unpaired) electrons.